The molecule has 6 heteroatoms. The standard InChI is InChI=1S/C26H28N4O2/c1-32-22-10-8-21(9-11-22)29-13-14-30-24-7-3-2-6-20(24)15-23(25(30)18-29)26(31)28-17-19-5-4-12-27-16-19/h2-12,16,23,25H,13-15,17-18H2,1H3,(H,28,31)/t23-,25+/m0/s1. The van der Waals surface area contributed by atoms with Crippen LogP contribution in [0.15, 0.2) is 73.1 Å². The van der Waals surface area contributed by atoms with E-state index in [1.54, 1.807) is 19.5 Å². The highest BCUT2D eigenvalue weighted by molar-refractivity contribution is 5.82. The van der Waals surface area contributed by atoms with Crippen molar-refractivity contribution in [2.24, 2.45) is 5.92 Å². The normalized spacial score (nSPS) is 19.7. The Balaban J connectivity index is 1.38. The van der Waals surface area contributed by atoms with Crippen molar-refractivity contribution < 1.29 is 9.53 Å². The molecular weight excluding hydrogens is 400 g/mol. The van der Waals surface area contributed by atoms with Crippen molar-refractivity contribution in [3.8, 4) is 5.75 Å². The first-order valence-electron chi connectivity index (χ1n) is 11.1. The lowest BCUT2D eigenvalue weighted by atomic mass is 9.83. The van der Waals surface area contributed by atoms with E-state index in [1.165, 1.54) is 16.9 Å². The second-order valence-corrected chi connectivity index (χ2v) is 8.42. The van der Waals surface area contributed by atoms with Crippen molar-refractivity contribution in [1.29, 1.82) is 0 Å². The fourth-order valence-electron chi connectivity index (χ4n) is 4.91. The number of amides is 1. The number of pyridine rings is 1. The van der Waals surface area contributed by atoms with Gasteiger partial charge < -0.3 is 19.9 Å². The zero-order valence-corrected chi connectivity index (χ0v) is 18.3. The van der Waals surface area contributed by atoms with Crippen molar-refractivity contribution in [3.63, 3.8) is 0 Å². The van der Waals surface area contributed by atoms with Gasteiger partial charge in [0.25, 0.3) is 0 Å². The number of para-hydroxylation sites is 1. The number of ether oxygens (including phenoxy) is 1. The molecule has 1 aromatic heterocycles. The van der Waals surface area contributed by atoms with E-state index in [0.717, 1.165) is 37.4 Å². The Labute approximate surface area is 188 Å². The Kier molecular flexibility index (Phi) is 5.67. The summed E-state index contributed by atoms with van der Waals surface area (Å²) in [7, 11) is 1.68. The number of nitrogens with one attached hydrogen (secondary N) is 1. The van der Waals surface area contributed by atoms with Crippen molar-refractivity contribution >= 4 is 17.3 Å². The van der Waals surface area contributed by atoms with Gasteiger partial charge in [-0.3, -0.25) is 9.78 Å². The molecule has 2 aromatic carbocycles. The third kappa shape index (κ3) is 4.00. The molecule has 0 unspecified atom stereocenters. The van der Waals surface area contributed by atoms with Gasteiger partial charge in [0.1, 0.15) is 5.75 Å². The molecule has 3 aromatic rings. The SMILES string of the molecule is COc1ccc(N2CCN3c4ccccc4C[C@H](C(=O)NCc4cccnc4)[C@H]3C2)cc1. The predicted octanol–water partition coefficient (Wildman–Crippen LogP) is 3.27. The largest absolute Gasteiger partial charge is 0.497 e. The molecule has 1 saturated heterocycles. The number of hydrogen-bond acceptors (Lipinski definition) is 5. The second kappa shape index (κ2) is 8.91. The number of hydrogen-bond donors (Lipinski definition) is 1. The van der Waals surface area contributed by atoms with Gasteiger partial charge in [0.05, 0.1) is 19.1 Å². The molecule has 0 bridgehead atoms. The maximum atomic E-state index is 13.4. The topological polar surface area (TPSA) is 57.7 Å². The monoisotopic (exact) mass is 428 g/mol. The highest BCUT2D eigenvalue weighted by Gasteiger charge is 2.41. The average molecular weight is 429 g/mol. The number of fused-ring (bicyclic) bond motifs is 3. The number of carbonyl (C=O) groups excluding carboxylic acids is 1. The lowest BCUT2D eigenvalue weighted by Gasteiger charge is -2.49. The van der Waals surface area contributed by atoms with E-state index in [2.05, 4.69) is 56.5 Å². The molecule has 2 atom stereocenters. The molecule has 5 rings (SSSR count). The average Bonchev–Trinajstić information content (AvgIpc) is 2.87. The zero-order chi connectivity index (χ0) is 21.9. The molecule has 1 amide bonds. The summed E-state index contributed by atoms with van der Waals surface area (Å²) in [5.41, 5.74) is 4.70. The van der Waals surface area contributed by atoms with Crippen LogP contribution in [0.1, 0.15) is 11.1 Å². The number of rotatable bonds is 5. The van der Waals surface area contributed by atoms with Crippen LogP contribution in [0.4, 0.5) is 11.4 Å². The summed E-state index contributed by atoms with van der Waals surface area (Å²) >= 11 is 0. The lowest BCUT2D eigenvalue weighted by molar-refractivity contribution is -0.126. The summed E-state index contributed by atoms with van der Waals surface area (Å²) in [5, 5.41) is 3.16. The molecule has 1 fully saturated rings. The van der Waals surface area contributed by atoms with E-state index in [1.807, 2.05) is 24.3 Å². The Morgan fingerprint density at radius 1 is 1.09 bits per heavy atom. The second-order valence-electron chi connectivity index (χ2n) is 8.42. The van der Waals surface area contributed by atoms with E-state index in [4.69, 9.17) is 4.74 Å². The molecule has 0 saturated carbocycles. The third-order valence-corrected chi connectivity index (χ3v) is 6.59. The fraction of sp³-hybridized carbons (Fsp3) is 0.308. The van der Waals surface area contributed by atoms with Gasteiger partial charge in [-0.15, -0.1) is 0 Å². The molecule has 6 nitrogen and oxygen atoms in total. The Morgan fingerprint density at radius 2 is 1.94 bits per heavy atom. The minimum Gasteiger partial charge on any atom is -0.497 e. The minimum absolute atomic E-state index is 0.106. The van der Waals surface area contributed by atoms with Crippen LogP contribution in [0.25, 0.3) is 0 Å². The third-order valence-electron chi connectivity index (χ3n) is 6.59. The van der Waals surface area contributed by atoms with Gasteiger partial charge in [0.2, 0.25) is 5.91 Å². The van der Waals surface area contributed by atoms with Gasteiger partial charge >= 0.3 is 0 Å². The lowest BCUT2D eigenvalue weighted by Crippen LogP contribution is -2.61. The zero-order valence-electron chi connectivity index (χ0n) is 18.3. The van der Waals surface area contributed by atoms with Crippen LogP contribution in [-0.4, -0.2) is 43.7 Å². The van der Waals surface area contributed by atoms with Gasteiger partial charge in [-0.1, -0.05) is 24.3 Å². The summed E-state index contributed by atoms with van der Waals surface area (Å²) in [6.07, 6.45) is 4.30. The van der Waals surface area contributed by atoms with E-state index < -0.39 is 0 Å². The first kappa shape index (κ1) is 20.4. The number of aromatic nitrogens is 1. The summed E-state index contributed by atoms with van der Waals surface area (Å²) in [4.78, 5) is 22.3. The van der Waals surface area contributed by atoms with Crippen molar-refractivity contribution in [2.45, 2.75) is 19.0 Å². The first-order valence-corrected chi connectivity index (χ1v) is 11.1. The van der Waals surface area contributed by atoms with Gasteiger partial charge in [-0.2, -0.15) is 0 Å². The highest BCUT2D eigenvalue weighted by atomic mass is 16.5. The molecule has 0 spiro atoms. The van der Waals surface area contributed by atoms with Crippen molar-refractivity contribution in [2.75, 3.05) is 36.5 Å². The smallest absolute Gasteiger partial charge is 0.225 e. The molecule has 164 valence electrons. The predicted molar refractivity (Wildman–Crippen MR) is 126 cm³/mol. The summed E-state index contributed by atoms with van der Waals surface area (Å²) in [5.74, 6) is 0.851. The van der Waals surface area contributed by atoms with E-state index in [-0.39, 0.29) is 17.9 Å². The Bertz CT molecular complexity index is 1070. The van der Waals surface area contributed by atoms with Crippen molar-refractivity contribution in [1.82, 2.24) is 10.3 Å². The van der Waals surface area contributed by atoms with Crippen LogP contribution in [0.3, 0.4) is 0 Å². The molecule has 2 aliphatic heterocycles. The molecule has 0 radical (unpaired) electrons. The number of methoxy groups -OCH3 is 1. The molecule has 32 heavy (non-hydrogen) atoms. The van der Waals surface area contributed by atoms with Crippen LogP contribution in [0, 0.1) is 5.92 Å². The molecule has 0 aliphatic carbocycles. The number of anilines is 2. The van der Waals surface area contributed by atoms with E-state index in [9.17, 15) is 4.79 Å². The summed E-state index contributed by atoms with van der Waals surface area (Å²) < 4.78 is 5.31. The Morgan fingerprint density at radius 3 is 2.72 bits per heavy atom. The van der Waals surface area contributed by atoms with Crippen LogP contribution >= 0.6 is 0 Å². The molecule has 2 aliphatic rings. The Hall–Kier alpha value is -3.54. The number of piperazine rings is 1. The summed E-state index contributed by atoms with van der Waals surface area (Å²) in [6.45, 7) is 3.12. The van der Waals surface area contributed by atoms with Gasteiger partial charge in [0.15, 0.2) is 0 Å². The molecular formula is C26H28N4O2. The van der Waals surface area contributed by atoms with E-state index >= 15 is 0 Å². The first-order chi connectivity index (χ1) is 15.7. The fourth-order valence-corrected chi connectivity index (χ4v) is 4.91. The quantitative estimate of drug-likeness (QED) is 0.676. The minimum atomic E-state index is -0.109. The summed E-state index contributed by atoms with van der Waals surface area (Å²) in [6, 6.07) is 20.7. The van der Waals surface area contributed by atoms with Crippen LogP contribution in [0.2, 0.25) is 0 Å². The number of nitrogens with zero attached hydrogens (tertiary/aromatic N) is 3. The van der Waals surface area contributed by atoms with E-state index in [0.29, 0.717) is 6.54 Å². The molecule has 3 heterocycles. The van der Waals surface area contributed by atoms with Crippen LogP contribution < -0.4 is 19.9 Å². The van der Waals surface area contributed by atoms with Gasteiger partial charge in [-0.05, 0) is 53.9 Å². The van der Waals surface area contributed by atoms with Crippen molar-refractivity contribution in [3.05, 3.63) is 84.2 Å². The maximum absolute atomic E-state index is 13.4. The maximum Gasteiger partial charge on any atom is 0.225 e. The number of carbonyl (C=O) groups is 1. The number of benzene rings is 2. The van der Waals surface area contributed by atoms with Crippen LogP contribution in [-0.2, 0) is 17.8 Å². The molecule has 1 N–H and O–H groups in total. The van der Waals surface area contributed by atoms with Gasteiger partial charge in [-0.25, -0.2) is 0 Å². The van der Waals surface area contributed by atoms with Gasteiger partial charge in [0, 0.05) is 49.9 Å². The van der Waals surface area contributed by atoms with Crippen LogP contribution in [0.5, 0.6) is 5.75 Å². The highest BCUT2D eigenvalue weighted by Crippen LogP contribution is 2.37.